The van der Waals surface area contributed by atoms with Gasteiger partial charge in [0.05, 0.1) is 7.11 Å². The summed E-state index contributed by atoms with van der Waals surface area (Å²) in [5.74, 6) is -0.678. The summed E-state index contributed by atoms with van der Waals surface area (Å²) < 4.78 is 5.13. The third kappa shape index (κ3) is 2.08. The van der Waals surface area contributed by atoms with Gasteiger partial charge in [0, 0.05) is 12.6 Å². The fourth-order valence-electron chi connectivity index (χ4n) is 1.61. The molecule has 1 amide bonds. The van der Waals surface area contributed by atoms with E-state index in [-0.39, 0.29) is 0 Å². The quantitative estimate of drug-likeness (QED) is 0.778. The molecule has 0 aromatic heterocycles. The monoisotopic (exact) mass is 237 g/mol. The van der Waals surface area contributed by atoms with Crippen LogP contribution < -0.4 is 4.74 Å². The summed E-state index contributed by atoms with van der Waals surface area (Å²) in [7, 11) is 2.88. The first kappa shape index (κ1) is 13.0. The number of carbonyl (C=O) groups is 2. The summed E-state index contributed by atoms with van der Waals surface area (Å²) in [6.45, 7) is 1.46. The number of methoxy groups -OCH3 is 1. The molecule has 0 spiro atoms. The second kappa shape index (κ2) is 4.86. The van der Waals surface area contributed by atoms with Crippen LogP contribution in [0.25, 0.3) is 0 Å². The van der Waals surface area contributed by atoms with Crippen LogP contribution >= 0.6 is 0 Å². The molecule has 0 saturated carbocycles. The molecule has 0 aliphatic carbocycles. The van der Waals surface area contributed by atoms with Crippen molar-refractivity contribution in [3.63, 3.8) is 0 Å². The van der Waals surface area contributed by atoms with Crippen LogP contribution in [0.3, 0.4) is 0 Å². The molecule has 92 valence electrons. The van der Waals surface area contributed by atoms with Gasteiger partial charge in [0.15, 0.2) is 5.54 Å². The molecule has 1 atom stereocenters. The zero-order chi connectivity index (χ0) is 13.1. The molecule has 0 radical (unpaired) electrons. The van der Waals surface area contributed by atoms with Crippen LogP contribution in [0.1, 0.15) is 12.5 Å². The Hall–Kier alpha value is -2.04. The molecular formula is C12H15NO4. The van der Waals surface area contributed by atoms with Crippen LogP contribution in [0.2, 0.25) is 0 Å². The number of hydrogen-bond donors (Lipinski definition) is 1. The Morgan fingerprint density at radius 2 is 2.06 bits per heavy atom. The Morgan fingerprint density at radius 1 is 1.47 bits per heavy atom. The van der Waals surface area contributed by atoms with E-state index in [1.807, 2.05) is 0 Å². The minimum atomic E-state index is -1.45. The molecule has 0 aliphatic rings. The number of carboxylic acid groups (broad SMARTS) is 1. The van der Waals surface area contributed by atoms with Gasteiger partial charge in [0.25, 0.3) is 0 Å². The molecule has 0 fully saturated rings. The number of carboxylic acids is 1. The Labute approximate surface area is 99.6 Å². The molecule has 0 saturated heterocycles. The molecule has 1 unspecified atom stereocenters. The Kier molecular flexibility index (Phi) is 3.73. The van der Waals surface area contributed by atoms with Gasteiger partial charge in [0.1, 0.15) is 5.75 Å². The molecule has 0 bridgehead atoms. The Balaban J connectivity index is 3.42. The van der Waals surface area contributed by atoms with Gasteiger partial charge in [0.2, 0.25) is 6.41 Å². The van der Waals surface area contributed by atoms with E-state index in [9.17, 15) is 14.7 Å². The molecule has 1 N–H and O–H groups in total. The second-order valence-corrected chi connectivity index (χ2v) is 3.79. The highest BCUT2D eigenvalue weighted by atomic mass is 16.5. The maximum absolute atomic E-state index is 11.4. The van der Waals surface area contributed by atoms with Crippen molar-refractivity contribution in [2.45, 2.75) is 12.5 Å². The smallest absolute Gasteiger partial charge is 0.334 e. The Morgan fingerprint density at radius 3 is 2.53 bits per heavy atom. The molecule has 5 heteroatoms. The van der Waals surface area contributed by atoms with Gasteiger partial charge in [-0.2, -0.15) is 0 Å². The van der Waals surface area contributed by atoms with E-state index >= 15 is 0 Å². The first-order valence-corrected chi connectivity index (χ1v) is 5.03. The van der Waals surface area contributed by atoms with E-state index in [1.165, 1.54) is 21.1 Å². The highest BCUT2D eigenvalue weighted by Gasteiger charge is 2.41. The van der Waals surface area contributed by atoms with Crippen molar-refractivity contribution in [3.8, 4) is 5.75 Å². The lowest BCUT2D eigenvalue weighted by Crippen LogP contribution is -2.47. The van der Waals surface area contributed by atoms with Crippen LogP contribution in [0.4, 0.5) is 0 Å². The van der Waals surface area contributed by atoms with Crippen molar-refractivity contribution in [1.29, 1.82) is 0 Å². The number of hydrogen-bond acceptors (Lipinski definition) is 3. The molecule has 1 aromatic rings. The normalized spacial score (nSPS) is 13.6. The molecule has 1 rings (SSSR count). The molecule has 17 heavy (non-hydrogen) atoms. The van der Waals surface area contributed by atoms with Gasteiger partial charge < -0.3 is 14.7 Å². The lowest BCUT2D eigenvalue weighted by atomic mass is 9.90. The molecular weight excluding hydrogens is 222 g/mol. The number of amides is 1. The summed E-state index contributed by atoms with van der Waals surface area (Å²) in [6.07, 6.45) is 0.487. The summed E-state index contributed by atoms with van der Waals surface area (Å²) in [5, 5.41) is 9.35. The van der Waals surface area contributed by atoms with Gasteiger partial charge in [-0.05, 0) is 13.0 Å². The van der Waals surface area contributed by atoms with Crippen molar-refractivity contribution >= 4 is 12.4 Å². The number of nitrogens with zero attached hydrogens (tertiary/aromatic N) is 1. The van der Waals surface area contributed by atoms with Gasteiger partial charge >= 0.3 is 5.97 Å². The minimum Gasteiger partial charge on any atom is -0.496 e. The number of aliphatic carboxylic acids is 1. The predicted octanol–water partition coefficient (Wildman–Crippen LogP) is 1.08. The maximum atomic E-state index is 11.4. The third-order valence-corrected chi connectivity index (χ3v) is 2.91. The van der Waals surface area contributed by atoms with Crippen molar-refractivity contribution in [3.05, 3.63) is 29.8 Å². The Bertz CT molecular complexity index is 432. The van der Waals surface area contributed by atoms with Crippen LogP contribution in [-0.4, -0.2) is 36.5 Å². The first-order valence-electron chi connectivity index (χ1n) is 5.03. The standard InChI is InChI=1S/C12H15NO4/c1-12(11(15)16,13(2)8-14)9-6-4-5-7-10(9)17-3/h4-8H,1-3H3,(H,15,16). The fourth-order valence-corrected chi connectivity index (χ4v) is 1.61. The fraction of sp³-hybridized carbons (Fsp3) is 0.333. The number of ether oxygens (including phenoxy) is 1. The summed E-state index contributed by atoms with van der Waals surface area (Å²) in [6, 6.07) is 6.74. The highest BCUT2D eigenvalue weighted by molar-refractivity contribution is 5.83. The SMILES string of the molecule is COc1ccccc1C(C)(C(=O)O)N(C)C=O. The van der Waals surface area contributed by atoms with Crippen molar-refractivity contribution in [2.24, 2.45) is 0 Å². The zero-order valence-corrected chi connectivity index (χ0v) is 10.0. The lowest BCUT2D eigenvalue weighted by Gasteiger charge is -2.33. The van der Waals surface area contributed by atoms with Crippen LogP contribution in [0.15, 0.2) is 24.3 Å². The first-order chi connectivity index (χ1) is 7.98. The van der Waals surface area contributed by atoms with Crippen LogP contribution in [0.5, 0.6) is 5.75 Å². The summed E-state index contributed by atoms with van der Waals surface area (Å²) in [4.78, 5) is 23.4. The van der Waals surface area contributed by atoms with E-state index < -0.39 is 11.5 Å². The predicted molar refractivity (Wildman–Crippen MR) is 61.8 cm³/mol. The molecule has 5 nitrogen and oxygen atoms in total. The molecule has 1 aromatic carbocycles. The number of rotatable bonds is 5. The van der Waals surface area contributed by atoms with Crippen LogP contribution in [0, 0.1) is 0 Å². The largest absolute Gasteiger partial charge is 0.496 e. The van der Waals surface area contributed by atoms with E-state index in [1.54, 1.807) is 24.3 Å². The second-order valence-electron chi connectivity index (χ2n) is 3.79. The number of likely N-dealkylation sites (N-methyl/N-ethyl adjacent to an activating group) is 1. The van der Waals surface area contributed by atoms with Gasteiger partial charge in [-0.3, -0.25) is 4.79 Å². The van der Waals surface area contributed by atoms with Gasteiger partial charge in [-0.15, -0.1) is 0 Å². The zero-order valence-electron chi connectivity index (χ0n) is 10.0. The van der Waals surface area contributed by atoms with Gasteiger partial charge in [-0.1, -0.05) is 18.2 Å². The topological polar surface area (TPSA) is 66.8 Å². The van der Waals surface area contributed by atoms with Gasteiger partial charge in [-0.25, -0.2) is 4.79 Å². The summed E-state index contributed by atoms with van der Waals surface area (Å²) in [5.41, 5.74) is -1.02. The van der Waals surface area contributed by atoms with Crippen molar-refractivity contribution in [1.82, 2.24) is 4.90 Å². The number of para-hydroxylation sites is 1. The average Bonchev–Trinajstić information content (AvgIpc) is 2.36. The highest BCUT2D eigenvalue weighted by Crippen LogP contribution is 2.33. The third-order valence-electron chi connectivity index (χ3n) is 2.91. The van der Waals surface area contributed by atoms with E-state index in [0.29, 0.717) is 17.7 Å². The number of carbonyl (C=O) groups excluding carboxylic acids is 1. The van der Waals surface area contributed by atoms with E-state index in [0.717, 1.165) is 4.90 Å². The minimum absolute atomic E-state index is 0.435. The average molecular weight is 237 g/mol. The van der Waals surface area contributed by atoms with Crippen molar-refractivity contribution < 1.29 is 19.4 Å². The van der Waals surface area contributed by atoms with E-state index in [2.05, 4.69) is 0 Å². The molecule has 0 aliphatic heterocycles. The van der Waals surface area contributed by atoms with Crippen LogP contribution in [-0.2, 0) is 15.1 Å². The van der Waals surface area contributed by atoms with Crippen molar-refractivity contribution in [2.75, 3.05) is 14.2 Å². The maximum Gasteiger partial charge on any atom is 0.334 e. The lowest BCUT2D eigenvalue weighted by molar-refractivity contribution is -0.153. The van der Waals surface area contributed by atoms with E-state index in [4.69, 9.17) is 4.74 Å². The number of benzene rings is 1. The molecule has 0 heterocycles. The summed E-state index contributed by atoms with van der Waals surface area (Å²) >= 11 is 0.